The molecule has 0 aliphatic rings. The Morgan fingerprint density at radius 1 is 0.938 bits per heavy atom. The maximum Gasteiger partial charge on any atom is 0.269 e. The normalized spacial score (nSPS) is 10.5. The van der Waals surface area contributed by atoms with Crippen LogP contribution in [0.5, 0.6) is 11.5 Å². The van der Waals surface area contributed by atoms with E-state index in [-0.39, 0.29) is 23.9 Å². The van der Waals surface area contributed by atoms with E-state index >= 15 is 0 Å². The highest BCUT2D eigenvalue weighted by Crippen LogP contribution is 2.23. The monoisotopic (exact) mass is 427 g/mol. The number of nitrogens with zero attached hydrogens (tertiary/aromatic N) is 3. The van der Waals surface area contributed by atoms with E-state index in [1.165, 1.54) is 6.20 Å². The van der Waals surface area contributed by atoms with Gasteiger partial charge in [-0.05, 0) is 42.3 Å². The molecule has 2 N–H and O–H groups in total. The van der Waals surface area contributed by atoms with Gasteiger partial charge in [-0.1, -0.05) is 24.3 Å². The largest absolute Gasteiger partial charge is 0.457 e. The van der Waals surface area contributed by atoms with Crippen LogP contribution in [-0.2, 0) is 11.2 Å². The van der Waals surface area contributed by atoms with Gasteiger partial charge in [-0.3, -0.25) is 19.6 Å². The van der Waals surface area contributed by atoms with Gasteiger partial charge >= 0.3 is 0 Å². The van der Waals surface area contributed by atoms with Crippen LogP contribution in [0.1, 0.15) is 22.5 Å². The van der Waals surface area contributed by atoms with Gasteiger partial charge in [-0.15, -0.1) is 0 Å². The molecule has 0 unspecified atom stereocenters. The van der Waals surface area contributed by atoms with Crippen LogP contribution < -0.4 is 15.4 Å². The first-order valence-corrected chi connectivity index (χ1v) is 10.1. The van der Waals surface area contributed by atoms with Crippen molar-refractivity contribution in [1.29, 1.82) is 0 Å². The van der Waals surface area contributed by atoms with Gasteiger partial charge < -0.3 is 15.4 Å². The SMILES string of the molecule is CNC(=O)c1cc(Oc2cccc(CCC(=O)Nc3cnc4ccccc4n3)c2)ccn1. The summed E-state index contributed by atoms with van der Waals surface area (Å²) in [6.45, 7) is 0. The van der Waals surface area contributed by atoms with E-state index in [0.29, 0.717) is 23.7 Å². The second-order valence-electron chi connectivity index (χ2n) is 7.00. The standard InChI is InChI=1S/C24H21N5O3/c1-25-24(31)21-14-18(11-12-26-21)32-17-6-4-5-16(13-17)9-10-23(30)29-22-15-27-19-7-2-3-8-20(19)28-22/h2-8,11-15H,9-10H2,1H3,(H,25,31)(H,28,29,30). The number of ether oxygens (including phenoxy) is 1. The summed E-state index contributed by atoms with van der Waals surface area (Å²) in [6.07, 6.45) is 3.89. The number of pyridine rings is 1. The Kier molecular flexibility index (Phi) is 6.31. The van der Waals surface area contributed by atoms with Gasteiger partial charge in [0.05, 0.1) is 17.2 Å². The fraction of sp³-hybridized carbons (Fsp3) is 0.125. The third-order valence-corrected chi connectivity index (χ3v) is 4.68. The van der Waals surface area contributed by atoms with Crippen LogP contribution in [0.4, 0.5) is 5.82 Å². The van der Waals surface area contributed by atoms with Gasteiger partial charge in [0.25, 0.3) is 5.91 Å². The smallest absolute Gasteiger partial charge is 0.269 e. The number of hydrogen-bond acceptors (Lipinski definition) is 6. The molecule has 4 rings (SSSR count). The molecule has 0 saturated carbocycles. The van der Waals surface area contributed by atoms with Crippen LogP contribution in [0.3, 0.4) is 0 Å². The molecule has 0 spiro atoms. The summed E-state index contributed by atoms with van der Waals surface area (Å²) in [4.78, 5) is 36.8. The fourth-order valence-corrected chi connectivity index (χ4v) is 3.11. The summed E-state index contributed by atoms with van der Waals surface area (Å²) in [5, 5.41) is 5.32. The van der Waals surface area contributed by atoms with Crippen LogP contribution in [0.15, 0.2) is 73.1 Å². The Hall–Kier alpha value is -4.33. The summed E-state index contributed by atoms with van der Waals surface area (Å²) in [7, 11) is 1.55. The fourth-order valence-electron chi connectivity index (χ4n) is 3.11. The molecular weight excluding hydrogens is 406 g/mol. The van der Waals surface area contributed by atoms with Crippen LogP contribution in [0.2, 0.25) is 0 Å². The number of hydrogen-bond donors (Lipinski definition) is 2. The highest BCUT2D eigenvalue weighted by Gasteiger charge is 2.09. The minimum atomic E-state index is -0.286. The van der Waals surface area contributed by atoms with Crippen molar-refractivity contribution in [3.05, 3.63) is 84.3 Å². The number of aryl methyl sites for hydroxylation is 1. The van der Waals surface area contributed by atoms with Crippen LogP contribution in [0.25, 0.3) is 11.0 Å². The molecule has 2 heterocycles. The molecule has 2 aromatic carbocycles. The summed E-state index contributed by atoms with van der Waals surface area (Å²) in [6, 6.07) is 18.2. The topological polar surface area (TPSA) is 106 Å². The van der Waals surface area contributed by atoms with E-state index in [9.17, 15) is 9.59 Å². The molecule has 0 bridgehead atoms. The highest BCUT2D eigenvalue weighted by atomic mass is 16.5. The van der Waals surface area contributed by atoms with Gasteiger partial charge in [0, 0.05) is 25.7 Å². The molecule has 0 atom stereocenters. The Balaban J connectivity index is 1.36. The first-order chi connectivity index (χ1) is 15.6. The summed E-state index contributed by atoms with van der Waals surface area (Å²) >= 11 is 0. The predicted octanol–water partition coefficient (Wildman–Crippen LogP) is 3.75. The van der Waals surface area contributed by atoms with Crippen molar-refractivity contribution in [2.24, 2.45) is 0 Å². The van der Waals surface area contributed by atoms with Crippen molar-refractivity contribution in [3.8, 4) is 11.5 Å². The van der Waals surface area contributed by atoms with Crippen molar-refractivity contribution in [2.45, 2.75) is 12.8 Å². The molecular formula is C24H21N5O3. The number of rotatable bonds is 7. The number of nitrogens with one attached hydrogen (secondary N) is 2. The van der Waals surface area contributed by atoms with Crippen molar-refractivity contribution in [2.75, 3.05) is 12.4 Å². The number of aromatic nitrogens is 3. The lowest BCUT2D eigenvalue weighted by Gasteiger charge is -2.09. The van der Waals surface area contributed by atoms with Gasteiger partial charge in [-0.2, -0.15) is 0 Å². The van der Waals surface area contributed by atoms with Crippen LogP contribution >= 0.6 is 0 Å². The zero-order valence-electron chi connectivity index (χ0n) is 17.4. The molecule has 0 radical (unpaired) electrons. The maximum absolute atomic E-state index is 12.4. The third-order valence-electron chi connectivity index (χ3n) is 4.68. The van der Waals surface area contributed by atoms with E-state index in [1.54, 1.807) is 25.4 Å². The number of carbonyl (C=O) groups is 2. The summed E-state index contributed by atoms with van der Waals surface area (Å²) < 4.78 is 5.86. The van der Waals surface area contributed by atoms with E-state index in [0.717, 1.165) is 16.6 Å². The number of benzene rings is 2. The Morgan fingerprint density at radius 2 is 1.75 bits per heavy atom. The number of fused-ring (bicyclic) bond motifs is 1. The lowest BCUT2D eigenvalue weighted by Crippen LogP contribution is -2.18. The van der Waals surface area contributed by atoms with Gasteiger partial charge in [0.2, 0.25) is 5.91 Å². The first kappa shape index (κ1) is 20.9. The molecule has 8 heteroatoms. The third kappa shape index (κ3) is 5.23. The quantitative estimate of drug-likeness (QED) is 0.465. The van der Waals surface area contributed by atoms with Crippen molar-refractivity contribution in [3.63, 3.8) is 0 Å². The maximum atomic E-state index is 12.4. The Labute approximate surface area is 184 Å². The zero-order chi connectivity index (χ0) is 22.3. The Bertz CT molecular complexity index is 1280. The zero-order valence-corrected chi connectivity index (χ0v) is 17.4. The molecule has 0 saturated heterocycles. The molecule has 160 valence electrons. The van der Waals surface area contributed by atoms with Gasteiger partial charge in [-0.25, -0.2) is 4.98 Å². The average molecular weight is 427 g/mol. The molecule has 2 aromatic heterocycles. The summed E-state index contributed by atoms with van der Waals surface area (Å²) in [5.74, 6) is 1.10. The lowest BCUT2D eigenvalue weighted by molar-refractivity contribution is -0.116. The number of para-hydroxylation sites is 2. The summed E-state index contributed by atoms with van der Waals surface area (Å²) in [5.41, 5.74) is 2.72. The molecule has 0 aliphatic carbocycles. The molecule has 32 heavy (non-hydrogen) atoms. The second kappa shape index (κ2) is 9.65. The molecule has 8 nitrogen and oxygen atoms in total. The van der Waals surface area contributed by atoms with Crippen LogP contribution in [0, 0.1) is 0 Å². The minimum absolute atomic E-state index is 0.148. The molecule has 2 amide bonds. The highest BCUT2D eigenvalue weighted by molar-refractivity contribution is 5.92. The van der Waals surface area contributed by atoms with Crippen molar-refractivity contribution in [1.82, 2.24) is 20.3 Å². The number of carbonyl (C=O) groups excluding carboxylic acids is 2. The first-order valence-electron chi connectivity index (χ1n) is 10.1. The number of anilines is 1. The van der Waals surface area contributed by atoms with Crippen molar-refractivity contribution < 1.29 is 14.3 Å². The van der Waals surface area contributed by atoms with Crippen LogP contribution in [-0.4, -0.2) is 33.8 Å². The van der Waals surface area contributed by atoms with E-state index in [1.807, 2.05) is 48.5 Å². The minimum Gasteiger partial charge on any atom is -0.457 e. The van der Waals surface area contributed by atoms with E-state index in [2.05, 4.69) is 25.6 Å². The van der Waals surface area contributed by atoms with Crippen molar-refractivity contribution >= 4 is 28.7 Å². The number of amides is 2. The van der Waals surface area contributed by atoms with E-state index < -0.39 is 0 Å². The molecule has 4 aromatic rings. The lowest BCUT2D eigenvalue weighted by atomic mass is 10.1. The molecule has 0 aliphatic heterocycles. The molecule has 0 fully saturated rings. The average Bonchev–Trinajstić information content (AvgIpc) is 2.82. The van der Waals surface area contributed by atoms with E-state index in [4.69, 9.17) is 4.74 Å². The predicted molar refractivity (Wildman–Crippen MR) is 121 cm³/mol. The van der Waals surface area contributed by atoms with Gasteiger partial charge in [0.1, 0.15) is 17.2 Å². The Morgan fingerprint density at radius 3 is 2.59 bits per heavy atom. The second-order valence-corrected chi connectivity index (χ2v) is 7.00. The van der Waals surface area contributed by atoms with Gasteiger partial charge in [0.15, 0.2) is 5.82 Å².